The van der Waals surface area contributed by atoms with Gasteiger partial charge in [0.15, 0.2) is 0 Å². The zero-order chi connectivity index (χ0) is 14.7. The van der Waals surface area contributed by atoms with Gasteiger partial charge in [0.1, 0.15) is 11.8 Å². The molecule has 4 heteroatoms. The van der Waals surface area contributed by atoms with E-state index in [1.807, 2.05) is 38.1 Å². The van der Waals surface area contributed by atoms with E-state index in [4.69, 9.17) is 5.26 Å². The number of nitriles is 1. The van der Waals surface area contributed by atoms with Crippen LogP contribution in [-0.4, -0.2) is 17.9 Å². The van der Waals surface area contributed by atoms with Gasteiger partial charge in [0.2, 0.25) is 0 Å². The first-order valence-corrected chi connectivity index (χ1v) is 6.24. The molecule has 100 valence electrons. The van der Waals surface area contributed by atoms with Crippen LogP contribution in [0.3, 0.4) is 0 Å². The summed E-state index contributed by atoms with van der Waals surface area (Å²) in [6.07, 6.45) is 1.47. The van der Waals surface area contributed by atoms with Crippen molar-refractivity contribution >= 4 is 11.6 Å². The maximum absolute atomic E-state index is 12.4. The summed E-state index contributed by atoms with van der Waals surface area (Å²) in [5, 5.41) is 8.83. The predicted octanol–water partition coefficient (Wildman–Crippen LogP) is 2.85. The molecule has 1 heterocycles. The van der Waals surface area contributed by atoms with Crippen LogP contribution >= 0.6 is 0 Å². The van der Waals surface area contributed by atoms with Crippen molar-refractivity contribution in [1.29, 1.82) is 5.26 Å². The number of carbonyl (C=O) groups is 1. The standard InChI is InChI=1S/C16H15N3O/c1-11-4-5-15(8-12(11)2)19(3)16(20)13-6-7-18-14(9-13)10-17/h4-9H,1-3H3. The second kappa shape index (κ2) is 5.54. The van der Waals surface area contributed by atoms with Crippen molar-refractivity contribution in [3.05, 3.63) is 58.9 Å². The fourth-order valence-electron chi connectivity index (χ4n) is 1.87. The third-order valence-corrected chi connectivity index (χ3v) is 3.30. The molecule has 0 saturated carbocycles. The second-order valence-electron chi connectivity index (χ2n) is 4.67. The van der Waals surface area contributed by atoms with E-state index >= 15 is 0 Å². The summed E-state index contributed by atoms with van der Waals surface area (Å²) in [7, 11) is 1.72. The smallest absolute Gasteiger partial charge is 0.258 e. The van der Waals surface area contributed by atoms with Gasteiger partial charge in [-0.05, 0) is 49.2 Å². The van der Waals surface area contributed by atoms with Crippen LogP contribution in [0.5, 0.6) is 0 Å². The fourth-order valence-corrected chi connectivity index (χ4v) is 1.87. The van der Waals surface area contributed by atoms with Crippen LogP contribution < -0.4 is 4.90 Å². The number of carbonyl (C=O) groups excluding carboxylic acids is 1. The summed E-state index contributed by atoms with van der Waals surface area (Å²) < 4.78 is 0. The monoisotopic (exact) mass is 265 g/mol. The number of benzene rings is 1. The lowest BCUT2D eigenvalue weighted by molar-refractivity contribution is 0.0993. The third kappa shape index (κ3) is 2.67. The maximum atomic E-state index is 12.4. The highest BCUT2D eigenvalue weighted by molar-refractivity contribution is 6.05. The molecule has 1 amide bonds. The van der Waals surface area contributed by atoms with Gasteiger partial charge < -0.3 is 4.90 Å². The fraction of sp³-hybridized carbons (Fsp3) is 0.188. The minimum atomic E-state index is -0.160. The Bertz CT molecular complexity index is 701. The largest absolute Gasteiger partial charge is 0.311 e. The molecule has 1 aromatic carbocycles. The van der Waals surface area contributed by atoms with Crippen LogP contribution in [0.2, 0.25) is 0 Å². The van der Waals surface area contributed by atoms with Crippen LogP contribution in [0.25, 0.3) is 0 Å². The molecule has 0 radical (unpaired) electrons. The molecule has 0 aliphatic heterocycles. The van der Waals surface area contributed by atoms with Gasteiger partial charge >= 0.3 is 0 Å². The van der Waals surface area contributed by atoms with E-state index in [1.54, 1.807) is 18.0 Å². The van der Waals surface area contributed by atoms with E-state index in [-0.39, 0.29) is 11.6 Å². The van der Waals surface area contributed by atoms with Crippen molar-refractivity contribution in [2.24, 2.45) is 0 Å². The van der Waals surface area contributed by atoms with Crippen molar-refractivity contribution in [2.75, 3.05) is 11.9 Å². The highest BCUT2D eigenvalue weighted by atomic mass is 16.2. The van der Waals surface area contributed by atoms with E-state index in [0.29, 0.717) is 5.56 Å². The predicted molar refractivity (Wildman–Crippen MR) is 77.6 cm³/mol. The Morgan fingerprint density at radius 3 is 2.60 bits per heavy atom. The van der Waals surface area contributed by atoms with Gasteiger partial charge in [-0.25, -0.2) is 4.98 Å². The maximum Gasteiger partial charge on any atom is 0.258 e. The molecular formula is C16H15N3O. The van der Waals surface area contributed by atoms with Crippen LogP contribution in [0, 0.1) is 25.2 Å². The molecule has 0 aliphatic rings. The Balaban J connectivity index is 2.32. The summed E-state index contributed by atoms with van der Waals surface area (Å²) in [4.78, 5) is 17.8. The van der Waals surface area contributed by atoms with Crippen molar-refractivity contribution in [1.82, 2.24) is 4.98 Å². The molecule has 0 fully saturated rings. The average Bonchev–Trinajstić information content (AvgIpc) is 2.48. The minimum Gasteiger partial charge on any atom is -0.311 e. The van der Waals surface area contributed by atoms with E-state index < -0.39 is 0 Å². The first kappa shape index (κ1) is 13.8. The summed E-state index contributed by atoms with van der Waals surface area (Å²) >= 11 is 0. The number of anilines is 1. The van der Waals surface area contributed by atoms with Gasteiger partial charge in [0, 0.05) is 24.5 Å². The van der Waals surface area contributed by atoms with Crippen LogP contribution in [-0.2, 0) is 0 Å². The first-order chi connectivity index (χ1) is 9.52. The number of hydrogen-bond donors (Lipinski definition) is 0. The Morgan fingerprint density at radius 2 is 1.95 bits per heavy atom. The topological polar surface area (TPSA) is 57.0 Å². The Labute approximate surface area is 118 Å². The molecule has 2 rings (SSSR count). The molecule has 0 saturated heterocycles. The van der Waals surface area contributed by atoms with Crippen LogP contribution in [0.15, 0.2) is 36.5 Å². The lowest BCUT2D eigenvalue weighted by Crippen LogP contribution is -2.26. The molecule has 4 nitrogen and oxygen atoms in total. The van der Waals surface area contributed by atoms with Crippen LogP contribution in [0.4, 0.5) is 5.69 Å². The Hall–Kier alpha value is -2.67. The highest BCUT2D eigenvalue weighted by Crippen LogP contribution is 2.19. The molecule has 2 aromatic rings. The number of amides is 1. The lowest BCUT2D eigenvalue weighted by atomic mass is 10.1. The molecule has 0 unspecified atom stereocenters. The molecule has 0 spiro atoms. The number of aromatic nitrogens is 1. The van der Waals surface area contributed by atoms with Crippen molar-refractivity contribution < 1.29 is 4.79 Å². The SMILES string of the molecule is Cc1ccc(N(C)C(=O)c2ccnc(C#N)c2)cc1C. The van der Waals surface area contributed by atoms with Gasteiger partial charge in [-0.3, -0.25) is 4.79 Å². The van der Waals surface area contributed by atoms with Crippen molar-refractivity contribution in [2.45, 2.75) is 13.8 Å². The average molecular weight is 265 g/mol. The number of aryl methyl sites for hydroxylation is 2. The molecule has 0 atom stereocenters. The summed E-state index contributed by atoms with van der Waals surface area (Å²) in [6, 6.07) is 10.9. The van der Waals surface area contributed by atoms with E-state index in [1.165, 1.54) is 17.8 Å². The molecule has 0 aliphatic carbocycles. The lowest BCUT2D eigenvalue weighted by Gasteiger charge is -2.18. The number of nitrogens with zero attached hydrogens (tertiary/aromatic N) is 3. The van der Waals surface area contributed by atoms with Gasteiger partial charge in [-0.2, -0.15) is 5.26 Å². The van der Waals surface area contributed by atoms with Gasteiger partial charge in [0.25, 0.3) is 5.91 Å². The van der Waals surface area contributed by atoms with Gasteiger partial charge in [-0.1, -0.05) is 6.07 Å². The minimum absolute atomic E-state index is 0.160. The third-order valence-electron chi connectivity index (χ3n) is 3.30. The summed E-state index contributed by atoms with van der Waals surface area (Å²) in [6.45, 7) is 4.04. The summed E-state index contributed by atoms with van der Waals surface area (Å²) in [5.74, 6) is -0.160. The van der Waals surface area contributed by atoms with E-state index in [0.717, 1.165) is 11.3 Å². The quantitative estimate of drug-likeness (QED) is 0.839. The molecule has 1 aromatic heterocycles. The van der Waals surface area contributed by atoms with Crippen LogP contribution in [0.1, 0.15) is 27.2 Å². The van der Waals surface area contributed by atoms with Crippen molar-refractivity contribution in [3.8, 4) is 6.07 Å². The van der Waals surface area contributed by atoms with Crippen molar-refractivity contribution in [3.63, 3.8) is 0 Å². The molecule has 20 heavy (non-hydrogen) atoms. The summed E-state index contributed by atoms with van der Waals surface area (Å²) in [5.41, 5.74) is 3.84. The van der Waals surface area contributed by atoms with Gasteiger partial charge in [0.05, 0.1) is 0 Å². The normalized spacial score (nSPS) is 9.90. The first-order valence-electron chi connectivity index (χ1n) is 6.24. The molecular weight excluding hydrogens is 250 g/mol. The number of rotatable bonds is 2. The number of hydrogen-bond acceptors (Lipinski definition) is 3. The van der Waals surface area contributed by atoms with Gasteiger partial charge in [-0.15, -0.1) is 0 Å². The second-order valence-corrected chi connectivity index (χ2v) is 4.67. The zero-order valence-corrected chi connectivity index (χ0v) is 11.7. The zero-order valence-electron chi connectivity index (χ0n) is 11.7. The molecule has 0 bridgehead atoms. The Morgan fingerprint density at radius 1 is 1.20 bits per heavy atom. The highest BCUT2D eigenvalue weighted by Gasteiger charge is 2.14. The van der Waals surface area contributed by atoms with E-state index in [2.05, 4.69) is 4.98 Å². The number of pyridine rings is 1. The van der Waals surface area contributed by atoms with E-state index in [9.17, 15) is 4.79 Å². The Kier molecular flexibility index (Phi) is 3.81. The molecule has 0 N–H and O–H groups in total.